The van der Waals surface area contributed by atoms with Crippen molar-refractivity contribution in [2.24, 2.45) is 5.92 Å². The number of thiazole rings is 1. The number of hydrogen-bond donors (Lipinski definition) is 2. The van der Waals surface area contributed by atoms with E-state index in [1.165, 1.54) is 11.3 Å². The van der Waals surface area contributed by atoms with Gasteiger partial charge < -0.3 is 10.2 Å². The van der Waals surface area contributed by atoms with Gasteiger partial charge in [0.1, 0.15) is 0 Å². The second-order valence-electron chi connectivity index (χ2n) is 8.77. The monoisotopic (exact) mass is 510 g/mol. The molecule has 5 rings (SSSR count). The highest BCUT2D eigenvalue weighted by Gasteiger charge is 2.35. The molecule has 8 heteroatoms. The molecule has 7 nitrogen and oxygen atoms in total. The molecule has 2 N–H and O–H groups in total. The van der Waals surface area contributed by atoms with Gasteiger partial charge in [0.05, 0.1) is 11.6 Å². The molecule has 0 bridgehead atoms. The zero-order valence-electron chi connectivity index (χ0n) is 20.3. The SMILES string of the molecule is CCc1sc(NC(=O)c2ccc(NC(=O)C3CC(=O)N(c4ccccc4)C3)cc2)nc1-c1ccccc1. The van der Waals surface area contributed by atoms with E-state index in [1.807, 2.05) is 60.7 Å². The van der Waals surface area contributed by atoms with Crippen LogP contribution < -0.4 is 15.5 Å². The Bertz CT molecular complexity index is 1420. The first-order valence-corrected chi connectivity index (χ1v) is 13.0. The zero-order chi connectivity index (χ0) is 25.8. The Kier molecular flexibility index (Phi) is 7.09. The van der Waals surface area contributed by atoms with E-state index in [1.54, 1.807) is 29.2 Å². The molecular formula is C29H26N4O3S. The lowest BCUT2D eigenvalue weighted by molar-refractivity contribution is -0.122. The van der Waals surface area contributed by atoms with E-state index in [0.717, 1.165) is 28.2 Å². The summed E-state index contributed by atoms with van der Waals surface area (Å²) in [6, 6.07) is 26.0. The fourth-order valence-corrected chi connectivity index (χ4v) is 5.24. The Morgan fingerprint density at radius 1 is 0.946 bits per heavy atom. The van der Waals surface area contributed by atoms with Crippen molar-refractivity contribution in [2.45, 2.75) is 19.8 Å². The largest absolute Gasteiger partial charge is 0.326 e. The van der Waals surface area contributed by atoms with E-state index in [0.29, 0.717) is 22.9 Å². The van der Waals surface area contributed by atoms with Gasteiger partial charge in [-0.15, -0.1) is 11.3 Å². The average Bonchev–Trinajstić information content (AvgIpc) is 3.53. The van der Waals surface area contributed by atoms with Crippen LogP contribution in [-0.2, 0) is 16.0 Å². The molecule has 1 atom stereocenters. The van der Waals surface area contributed by atoms with Crippen LogP contribution in [-0.4, -0.2) is 29.3 Å². The summed E-state index contributed by atoms with van der Waals surface area (Å²) < 4.78 is 0. The van der Waals surface area contributed by atoms with Crippen LogP contribution in [0.25, 0.3) is 11.3 Å². The van der Waals surface area contributed by atoms with Gasteiger partial charge in [0.15, 0.2) is 5.13 Å². The van der Waals surface area contributed by atoms with Crippen LogP contribution in [0.15, 0.2) is 84.9 Å². The molecule has 4 aromatic rings. The topological polar surface area (TPSA) is 91.4 Å². The summed E-state index contributed by atoms with van der Waals surface area (Å²) in [7, 11) is 0. The number of nitrogens with zero attached hydrogens (tertiary/aromatic N) is 2. The van der Waals surface area contributed by atoms with Crippen LogP contribution in [0.2, 0.25) is 0 Å². The molecule has 0 aliphatic carbocycles. The third-order valence-electron chi connectivity index (χ3n) is 6.26. The van der Waals surface area contributed by atoms with Gasteiger partial charge >= 0.3 is 0 Å². The van der Waals surface area contributed by atoms with Crippen LogP contribution in [0.1, 0.15) is 28.6 Å². The molecular weight excluding hydrogens is 484 g/mol. The number of aryl methyl sites for hydroxylation is 1. The lowest BCUT2D eigenvalue weighted by atomic mass is 10.1. The maximum atomic E-state index is 12.8. The number of hydrogen-bond acceptors (Lipinski definition) is 5. The number of anilines is 3. The van der Waals surface area contributed by atoms with Crippen molar-refractivity contribution in [2.75, 3.05) is 22.1 Å². The summed E-state index contributed by atoms with van der Waals surface area (Å²) in [6.07, 6.45) is 0.988. The molecule has 0 spiro atoms. The predicted octanol–water partition coefficient (Wildman–Crippen LogP) is 5.62. The van der Waals surface area contributed by atoms with Crippen molar-refractivity contribution in [1.29, 1.82) is 0 Å². The van der Waals surface area contributed by atoms with Gasteiger partial charge in [0.2, 0.25) is 11.8 Å². The van der Waals surface area contributed by atoms with Crippen molar-refractivity contribution in [3.05, 3.63) is 95.4 Å². The number of benzene rings is 3. The van der Waals surface area contributed by atoms with Crippen molar-refractivity contribution < 1.29 is 14.4 Å². The summed E-state index contributed by atoms with van der Waals surface area (Å²) >= 11 is 1.47. The van der Waals surface area contributed by atoms with Crippen LogP contribution >= 0.6 is 11.3 Å². The quantitative estimate of drug-likeness (QED) is 0.338. The molecule has 0 radical (unpaired) electrons. The van der Waals surface area contributed by atoms with Crippen molar-refractivity contribution in [3.8, 4) is 11.3 Å². The minimum atomic E-state index is -0.438. The molecule has 2 heterocycles. The van der Waals surface area contributed by atoms with Gasteiger partial charge in [-0.1, -0.05) is 55.5 Å². The fraction of sp³-hybridized carbons (Fsp3) is 0.172. The van der Waals surface area contributed by atoms with Gasteiger partial charge in [-0.2, -0.15) is 0 Å². The highest BCUT2D eigenvalue weighted by atomic mass is 32.1. The Balaban J connectivity index is 1.21. The van der Waals surface area contributed by atoms with Gasteiger partial charge in [0, 0.05) is 40.3 Å². The Morgan fingerprint density at radius 3 is 2.30 bits per heavy atom. The van der Waals surface area contributed by atoms with Crippen LogP contribution in [0.4, 0.5) is 16.5 Å². The maximum absolute atomic E-state index is 12.8. The van der Waals surface area contributed by atoms with E-state index >= 15 is 0 Å². The number of nitrogens with one attached hydrogen (secondary N) is 2. The highest BCUT2D eigenvalue weighted by Crippen LogP contribution is 2.32. The van der Waals surface area contributed by atoms with Crippen molar-refractivity contribution in [3.63, 3.8) is 0 Å². The first kappa shape index (κ1) is 24.4. The van der Waals surface area contributed by atoms with E-state index in [2.05, 4.69) is 22.5 Å². The van der Waals surface area contributed by atoms with E-state index in [9.17, 15) is 14.4 Å². The third kappa shape index (κ3) is 5.44. The van der Waals surface area contributed by atoms with Crippen LogP contribution in [0.5, 0.6) is 0 Å². The summed E-state index contributed by atoms with van der Waals surface area (Å²) in [5.41, 5.74) is 3.73. The molecule has 1 fully saturated rings. The molecule has 1 saturated heterocycles. The summed E-state index contributed by atoms with van der Waals surface area (Å²) in [5.74, 6) is -0.990. The van der Waals surface area contributed by atoms with E-state index < -0.39 is 5.92 Å². The predicted molar refractivity (Wildman–Crippen MR) is 147 cm³/mol. The molecule has 1 unspecified atom stereocenters. The lowest BCUT2D eigenvalue weighted by Crippen LogP contribution is -2.28. The maximum Gasteiger partial charge on any atom is 0.257 e. The second kappa shape index (κ2) is 10.8. The standard InChI is InChI=1S/C29H26N4O3S/c1-2-24-26(19-9-5-3-6-10-19)31-29(37-24)32-27(35)20-13-15-22(16-14-20)30-28(36)21-17-25(34)33(18-21)23-11-7-4-8-12-23/h3-16,21H,2,17-18H2,1H3,(H,30,36)(H,31,32,35). The number of carbonyl (C=O) groups is 3. The second-order valence-corrected chi connectivity index (χ2v) is 9.86. The minimum Gasteiger partial charge on any atom is -0.326 e. The summed E-state index contributed by atoms with van der Waals surface area (Å²) in [4.78, 5) is 45.5. The minimum absolute atomic E-state index is 0.0674. The molecule has 3 amide bonds. The number of aromatic nitrogens is 1. The number of amides is 3. The molecule has 37 heavy (non-hydrogen) atoms. The first-order valence-electron chi connectivity index (χ1n) is 12.1. The average molecular weight is 511 g/mol. The first-order chi connectivity index (χ1) is 18.0. The molecule has 186 valence electrons. The lowest BCUT2D eigenvalue weighted by Gasteiger charge is -2.16. The zero-order valence-corrected chi connectivity index (χ0v) is 21.1. The van der Waals surface area contributed by atoms with Crippen molar-refractivity contribution >= 4 is 45.6 Å². The van der Waals surface area contributed by atoms with Crippen molar-refractivity contribution in [1.82, 2.24) is 4.98 Å². The molecule has 1 aromatic heterocycles. The van der Waals surface area contributed by atoms with Gasteiger partial charge in [-0.3, -0.25) is 19.7 Å². The molecule has 0 saturated carbocycles. The van der Waals surface area contributed by atoms with E-state index in [4.69, 9.17) is 0 Å². The third-order valence-corrected chi connectivity index (χ3v) is 7.38. The summed E-state index contributed by atoms with van der Waals surface area (Å²) in [6.45, 7) is 2.41. The van der Waals surface area contributed by atoms with E-state index in [-0.39, 0.29) is 24.1 Å². The normalized spacial score (nSPS) is 15.0. The number of rotatable bonds is 7. The fourth-order valence-electron chi connectivity index (χ4n) is 4.33. The molecule has 1 aliphatic rings. The van der Waals surface area contributed by atoms with Crippen LogP contribution in [0, 0.1) is 5.92 Å². The number of carbonyl (C=O) groups excluding carboxylic acids is 3. The smallest absolute Gasteiger partial charge is 0.257 e. The molecule has 1 aliphatic heterocycles. The van der Waals surface area contributed by atoms with Gasteiger partial charge in [-0.05, 0) is 42.8 Å². The van der Waals surface area contributed by atoms with Gasteiger partial charge in [0.25, 0.3) is 5.91 Å². The highest BCUT2D eigenvalue weighted by molar-refractivity contribution is 7.16. The Labute approximate surface area is 219 Å². The van der Waals surface area contributed by atoms with Gasteiger partial charge in [-0.25, -0.2) is 4.98 Å². The number of para-hydroxylation sites is 1. The summed E-state index contributed by atoms with van der Waals surface area (Å²) in [5, 5.41) is 6.31. The Hall–Kier alpha value is -4.30. The van der Waals surface area contributed by atoms with Crippen LogP contribution in [0.3, 0.4) is 0 Å². The Morgan fingerprint density at radius 2 is 1.62 bits per heavy atom. The molecule has 3 aromatic carbocycles.